The third-order valence-corrected chi connectivity index (χ3v) is 3.91. The van der Waals surface area contributed by atoms with Gasteiger partial charge in [-0.05, 0) is 38.5 Å². The van der Waals surface area contributed by atoms with Crippen molar-refractivity contribution in [2.45, 2.75) is 33.9 Å². The first kappa shape index (κ1) is 19.0. The molecule has 2 N–H and O–H groups in total. The molecule has 0 radical (unpaired) electrons. The number of guanidine groups is 1. The van der Waals surface area contributed by atoms with Crippen LogP contribution >= 0.6 is 35.3 Å². The molecule has 0 saturated carbocycles. The van der Waals surface area contributed by atoms with Gasteiger partial charge in [0, 0.05) is 29.0 Å². The number of aryl methyl sites for hydroxylation is 2. The fourth-order valence-electron chi connectivity index (χ4n) is 1.95. The second kappa shape index (κ2) is 9.83. The molecule has 0 fully saturated rings. The van der Waals surface area contributed by atoms with Crippen molar-refractivity contribution in [2.24, 2.45) is 4.99 Å². The molecule has 2 aromatic rings. The fourth-order valence-corrected chi connectivity index (χ4v) is 2.76. The lowest BCUT2D eigenvalue weighted by Gasteiger charge is -2.11. The lowest BCUT2D eigenvalue weighted by atomic mass is 10.4. The molecule has 0 aliphatic rings. The molecule has 2 rings (SSSR count). The molecule has 0 aliphatic carbocycles. The summed E-state index contributed by atoms with van der Waals surface area (Å²) in [7, 11) is 0. The predicted molar refractivity (Wildman–Crippen MR) is 104 cm³/mol. The lowest BCUT2D eigenvalue weighted by molar-refractivity contribution is 0.597. The molecule has 0 atom stereocenters. The Morgan fingerprint density at radius 1 is 1.32 bits per heavy atom. The number of nitrogens with zero attached hydrogens (tertiary/aromatic N) is 3. The number of rotatable bonds is 6. The van der Waals surface area contributed by atoms with Crippen LogP contribution in [0.15, 0.2) is 29.5 Å². The summed E-state index contributed by atoms with van der Waals surface area (Å²) in [4.78, 5) is 7.22. The van der Waals surface area contributed by atoms with Crippen LogP contribution in [-0.4, -0.2) is 28.8 Å². The zero-order valence-electron chi connectivity index (χ0n) is 13.3. The van der Waals surface area contributed by atoms with Crippen molar-refractivity contribution in [2.75, 3.05) is 13.1 Å². The van der Waals surface area contributed by atoms with E-state index in [4.69, 9.17) is 0 Å². The fraction of sp³-hybridized carbons (Fsp3) is 0.467. The predicted octanol–water partition coefficient (Wildman–Crippen LogP) is 2.93. The second-order valence-corrected chi connectivity index (χ2v) is 6.29. The van der Waals surface area contributed by atoms with Gasteiger partial charge in [0.05, 0.1) is 19.3 Å². The van der Waals surface area contributed by atoms with Crippen molar-refractivity contribution in [3.05, 3.63) is 39.8 Å². The van der Waals surface area contributed by atoms with Gasteiger partial charge in [-0.15, -0.1) is 35.3 Å². The van der Waals surface area contributed by atoms with E-state index in [2.05, 4.69) is 46.7 Å². The number of hydrogen-bond acceptors (Lipinski definition) is 3. The highest BCUT2D eigenvalue weighted by atomic mass is 127. The van der Waals surface area contributed by atoms with Gasteiger partial charge in [-0.1, -0.05) is 0 Å². The van der Waals surface area contributed by atoms with Crippen molar-refractivity contribution >= 4 is 41.3 Å². The Balaban J connectivity index is 0.00000242. The molecule has 0 spiro atoms. The average Bonchev–Trinajstić information content (AvgIpc) is 3.05. The number of nitrogens with one attached hydrogen (secondary N) is 2. The molecule has 0 aromatic carbocycles. The minimum Gasteiger partial charge on any atom is -0.357 e. The smallest absolute Gasteiger partial charge is 0.191 e. The minimum absolute atomic E-state index is 0. The van der Waals surface area contributed by atoms with E-state index in [0.717, 1.165) is 25.6 Å². The van der Waals surface area contributed by atoms with E-state index >= 15 is 0 Å². The lowest BCUT2D eigenvalue weighted by Crippen LogP contribution is -2.38. The van der Waals surface area contributed by atoms with Crippen molar-refractivity contribution in [3.8, 4) is 0 Å². The molecule has 5 nitrogen and oxygen atoms in total. The molecule has 2 heterocycles. The summed E-state index contributed by atoms with van der Waals surface area (Å²) in [5.74, 6) is 0.854. The Kier molecular flexibility index (Phi) is 8.47. The van der Waals surface area contributed by atoms with Crippen LogP contribution in [0.25, 0.3) is 0 Å². The molecule has 0 aliphatic heterocycles. The molecule has 122 valence electrons. The Hall–Kier alpha value is -1.09. The first-order valence-electron chi connectivity index (χ1n) is 7.24. The van der Waals surface area contributed by atoms with Gasteiger partial charge in [0.15, 0.2) is 5.96 Å². The minimum atomic E-state index is 0. The summed E-state index contributed by atoms with van der Waals surface area (Å²) in [5.41, 5.74) is 1.18. The molecule has 0 unspecified atom stereocenters. The zero-order valence-corrected chi connectivity index (χ0v) is 16.4. The van der Waals surface area contributed by atoms with Crippen LogP contribution < -0.4 is 10.6 Å². The normalized spacial score (nSPS) is 11.1. The van der Waals surface area contributed by atoms with E-state index in [0.29, 0.717) is 6.54 Å². The van der Waals surface area contributed by atoms with Gasteiger partial charge in [0.2, 0.25) is 0 Å². The third-order valence-electron chi connectivity index (χ3n) is 2.93. The van der Waals surface area contributed by atoms with Crippen molar-refractivity contribution in [1.82, 2.24) is 20.4 Å². The van der Waals surface area contributed by atoms with Crippen LogP contribution in [-0.2, 0) is 13.1 Å². The SMILES string of the molecule is CCNC(=NCc1ccc(C)s1)NCCn1cc(C)cn1.I. The summed E-state index contributed by atoms with van der Waals surface area (Å²) in [5, 5.41) is 10.9. The average molecular weight is 433 g/mol. The van der Waals surface area contributed by atoms with Crippen molar-refractivity contribution < 1.29 is 0 Å². The van der Waals surface area contributed by atoms with E-state index in [1.165, 1.54) is 15.3 Å². The van der Waals surface area contributed by atoms with Crippen LogP contribution in [0.3, 0.4) is 0 Å². The summed E-state index contributed by atoms with van der Waals surface area (Å²) in [6, 6.07) is 4.27. The van der Waals surface area contributed by atoms with Gasteiger partial charge in [-0.25, -0.2) is 4.99 Å². The highest BCUT2D eigenvalue weighted by Gasteiger charge is 2.00. The largest absolute Gasteiger partial charge is 0.357 e. The summed E-state index contributed by atoms with van der Waals surface area (Å²) in [6.45, 7) is 9.44. The number of aliphatic imine (C=N–C) groups is 1. The molecule has 0 amide bonds. The van der Waals surface area contributed by atoms with Gasteiger partial charge in [-0.3, -0.25) is 4.68 Å². The second-order valence-electron chi connectivity index (χ2n) is 4.92. The molecule has 22 heavy (non-hydrogen) atoms. The Bertz CT molecular complexity index is 590. The third kappa shape index (κ3) is 6.35. The molecular formula is C15H24IN5S. The van der Waals surface area contributed by atoms with Crippen LogP contribution in [0.1, 0.15) is 22.2 Å². The van der Waals surface area contributed by atoms with Gasteiger partial charge in [0.1, 0.15) is 0 Å². The Morgan fingerprint density at radius 2 is 2.14 bits per heavy atom. The van der Waals surface area contributed by atoms with Crippen LogP contribution in [0.2, 0.25) is 0 Å². The number of aromatic nitrogens is 2. The molecular weight excluding hydrogens is 409 g/mol. The summed E-state index contributed by atoms with van der Waals surface area (Å²) >= 11 is 1.79. The first-order valence-corrected chi connectivity index (χ1v) is 8.05. The first-order chi connectivity index (χ1) is 10.2. The highest BCUT2D eigenvalue weighted by Crippen LogP contribution is 2.15. The summed E-state index contributed by atoms with van der Waals surface area (Å²) in [6.07, 6.45) is 3.92. The van der Waals surface area contributed by atoms with Crippen molar-refractivity contribution in [1.29, 1.82) is 0 Å². The molecule has 7 heteroatoms. The van der Waals surface area contributed by atoms with Crippen LogP contribution in [0.4, 0.5) is 0 Å². The Morgan fingerprint density at radius 3 is 2.73 bits per heavy atom. The van der Waals surface area contributed by atoms with Gasteiger partial charge in [0.25, 0.3) is 0 Å². The van der Waals surface area contributed by atoms with E-state index in [1.54, 1.807) is 11.3 Å². The maximum Gasteiger partial charge on any atom is 0.191 e. The number of hydrogen-bond donors (Lipinski definition) is 2. The maximum absolute atomic E-state index is 4.61. The quantitative estimate of drug-likeness (QED) is 0.419. The topological polar surface area (TPSA) is 54.2 Å². The maximum atomic E-state index is 4.61. The van der Waals surface area contributed by atoms with Gasteiger partial charge < -0.3 is 10.6 Å². The highest BCUT2D eigenvalue weighted by molar-refractivity contribution is 14.0. The van der Waals surface area contributed by atoms with E-state index in [9.17, 15) is 0 Å². The number of halogens is 1. The molecule has 0 saturated heterocycles. The van der Waals surface area contributed by atoms with Gasteiger partial charge >= 0.3 is 0 Å². The van der Waals surface area contributed by atoms with Crippen LogP contribution in [0.5, 0.6) is 0 Å². The van der Waals surface area contributed by atoms with Crippen molar-refractivity contribution in [3.63, 3.8) is 0 Å². The monoisotopic (exact) mass is 433 g/mol. The Labute approximate surface area is 153 Å². The van der Waals surface area contributed by atoms with E-state index in [1.807, 2.05) is 24.0 Å². The molecule has 2 aromatic heterocycles. The van der Waals surface area contributed by atoms with E-state index < -0.39 is 0 Å². The van der Waals surface area contributed by atoms with Gasteiger partial charge in [-0.2, -0.15) is 5.10 Å². The standard InChI is InChI=1S/C15H23N5S.HI/c1-4-16-15(18-10-14-6-5-13(3)21-14)17-7-8-20-11-12(2)9-19-20;/h5-6,9,11H,4,7-8,10H2,1-3H3,(H2,16,17,18);1H. The van der Waals surface area contributed by atoms with E-state index in [-0.39, 0.29) is 24.0 Å². The summed E-state index contributed by atoms with van der Waals surface area (Å²) < 4.78 is 1.94. The zero-order chi connectivity index (χ0) is 15.1. The van der Waals surface area contributed by atoms with Crippen LogP contribution in [0, 0.1) is 13.8 Å². The number of thiophene rings is 1. The molecule has 0 bridgehead atoms.